The van der Waals surface area contributed by atoms with E-state index >= 15 is 0 Å². The molecule has 0 atom stereocenters. The van der Waals surface area contributed by atoms with Gasteiger partial charge in [0.25, 0.3) is 0 Å². The van der Waals surface area contributed by atoms with Gasteiger partial charge in [-0.3, -0.25) is 0 Å². The minimum Gasteiger partial charge on any atom is -0.495 e. The Bertz CT molecular complexity index is 830. The maximum absolute atomic E-state index is 5.88. The molecule has 0 saturated carbocycles. The summed E-state index contributed by atoms with van der Waals surface area (Å²) in [4.78, 5) is 9.02. The summed E-state index contributed by atoms with van der Waals surface area (Å²) in [7, 11) is 1.69. The molecular formula is C20H24ClN3O. The van der Waals surface area contributed by atoms with Crippen molar-refractivity contribution in [3.05, 3.63) is 47.4 Å². The van der Waals surface area contributed by atoms with Gasteiger partial charge in [0.15, 0.2) is 0 Å². The van der Waals surface area contributed by atoms with E-state index < -0.39 is 0 Å². The van der Waals surface area contributed by atoms with Gasteiger partial charge in [-0.25, -0.2) is 9.97 Å². The second kappa shape index (κ2) is 6.68. The van der Waals surface area contributed by atoms with Crippen molar-refractivity contribution >= 4 is 17.3 Å². The van der Waals surface area contributed by atoms with Gasteiger partial charge in [-0.15, -0.1) is 11.6 Å². The Labute approximate surface area is 154 Å². The van der Waals surface area contributed by atoms with Gasteiger partial charge in [-0.1, -0.05) is 20.4 Å². The first-order valence-corrected chi connectivity index (χ1v) is 8.91. The highest BCUT2D eigenvalue weighted by Gasteiger charge is 2.35. The number of nitrogens with zero attached hydrogens (tertiary/aromatic N) is 2. The molecule has 1 aliphatic carbocycles. The lowest BCUT2D eigenvalue weighted by atomic mass is 9.70. The molecule has 0 saturated heterocycles. The highest BCUT2D eigenvalue weighted by Crippen LogP contribution is 2.47. The lowest BCUT2D eigenvalue weighted by molar-refractivity contribution is 0.415. The van der Waals surface area contributed by atoms with E-state index in [-0.39, 0.29) is 5.41 Å². The third kappa shape index (κ3) is 3.11. The zero-order chi connectivity index (χ0) is 18.2. The van der Waals surface area contributed by atoms with Crippen molar-refractivity contribution in [2.75, 3.05) is 24.9 Å². The zero-order valence-corrected chi connectivity index (χ0v) is 16.0. The molecule has 1 aromatic heterocycles. The number of aryl methyl sites for hydroxylation is 1. The van der Waals surface area contributed by atoms with Crippen LogP contribution in [0.25, 0.3) is 11.3 Å². The molecule has 25 heavy (non-hydrogen) atoms. The second-order valence-corrected chi connectivity index (χ2v) is 7.42. The average molecular weight is 358 g/mol. The summed E-state index contributed by atoms with van der Waals surface area (Å²) in [5, 5.41) is 3.47. The molecule has 1 aromatic carbocycles. The van der Waals surface area contributed by atoms with Gasteiger partial charge in [0, 0.05) is 29.2 Å². The summed E-state index contributed by atoms with van der Waals surface area (Å²) in [6, 6.07) is 4.08. The first kappa shape index (κ1) is 17.7. The molecule has 1 heterocycles. The van der Waals surface area contributed by atoms with Crippen molar-refractivity contribution in [3.8, 4) is 17.0 Å². The quantitative estimate of drug-likeness (QED) is 0.632. The van der Waals surface area contributed by atoms with E-state index in [1.54, 1.807) is 13.4 Å². The van der Waals surface area contributed by atoms with E-state index in [0.717, 1.165) is 40.4 Å². The van der Waals surface area contributed by atoms with Gasteiger partial charge in [-0.2, -0.15) is 0 Å². The molecule has 1 aliphatic rings. The topological polar surface area (TPSA) is 47.0 Å². The van der Waals surface area contributed by atoms with Crippen LogP contribution < -0.4 is 10.1 Å². The Morgan fingerprint density at radius 3 is 2.80 bits per heavy atom. The Balaban J connectivity index is 2.18. The van der Waals surface area contributed by atoms with Crippen molar-refractivity contribution in [3.63, 3.8) is 0 Å². The number of benzene rings is 1. The van der Waals surface area contributed by atoms with Crippen LogP contribution in [0.1, 0.15) is 30.7 Å². The number of alkyl halides is 1. The number of ether oxygens (including phenoxy) is 1. The number of halogens is 1. The lowest BCUT2D eigenvalue weighted by Crippen LogP contribution is -2.29. The van der Waals surface area contributed by atoms with Crippen LogP contribution in [0, 0.1) is 6.92 Å². The van der Waals surface area contributed by atoms with Gasteiger partial charge < -0.3 is 10.1 Å². The summed E-state index contributed by atoms with van der Waals surface area (Å²) in [6.45, 7) is 11.1. The van der Waals surface area contributed by atoms with Crippen LogP contribution >= 0.6 is 11.6 Å². The summed E-state index contributed by atoms with van der Waals surface area (Å²) >= 11 is 5.88. The Kier molecular flexibility index (Phi) is 4.74. The first-order valence-electron chi connectivity index (χ1n) is 8.38. The largest absolute Gasteiger partial charge is 0.495 e. The summed E-state index contributed by atoms with van der Waals surface area (Å²) < 4.78 is 5.60. The SMILES string of the molecule is C=C(CCl)CNc1c(OC)ccc2c1CC(C)(C)c1c(C)ncnc1-2. The average Bonchev–Trinajstić information content (AvgIpc) is 2.58. The zero-order valence-electron chi connectivity index (χ0n) is 15.2. The molecule has 0 fully saturated rings. The molecular weight excluding hydrogens is 334 g/mol. The van der Waals surface area contributed by atoms with Crippen molar-refractivity contribution < 1.29 is 4.74 Å². The number of hydrogen-bond acceptors (Lipinski definition) is 4. The van der Waals surface area contributed by atoms with Crippen LogP contribution in [-0.2, 0) is 11.8 Å². The number of fused-ring (bicyclic) bond motifs is 3. The standard InChI is InChI=1S/C20H24ClN3O/c1-12(9-21)10-22-18-15-8-20(3,4)17-13(2)23-11-24-19(17)14(15)6-7-16(18)25-5/h6-7,11,22H,1,8-10H2,2-5H3. The number of anilines is 1. The first-order chi connectivity index (χ1) is 11.9. The van der Waals surface area contributed by atoms with Crippen LogP contribution in [0.2, 0.25) is 0 Å². The highest BCUT2D eigenvalue weighted by atomic mass is 35.5. The number of hydrogen-bond donors (Lipinski definition) is 1. The predicted molar refractivity (Wildman–Crippen MR) is 104 cm³/mol. The second-order valence-electron chi connectivity index (χ2n) is 7.15. The molecule has 0 spiro atoms. The number of aromatic nitrogens is 2. The van der Waals surface area contributed by atoms with Gasteiger partial charge in [-0.05, 0) is 42.0 Å². The van der Waals surface area contributed by atoms with Crippen molar-refractivity contribution in [1.29, 1.82) is 0 Å². The third-order valence-corrected chi connectivity index (χ3v) is 5.16. The molecule has 3 rings (SSSR count). The minimum absolute atomic E-state index is 0.0556. The minimum atomic E-state index is -0.0556. The predicted octanol–water partition coefficient (Wildman–Crippen LogP) is 4.50. The normalized spacial score (nSPS) is 14.4. The molecule has 0 aliphatic heterocycles. The van der Waals surface area contributed by atoms with Gasteiger partial charge >= 0.3 is 0 Å². The van der Waals surface area contributed by atoms with Gasteiger partial charge in [0.1, 0.15) is 12.1 Å². The van der Waals surface area contributed by atoms with Crippen molar-refractivity contribution in [2.24, 2.45) is 0 Å². The Morgan fingerprint density at radius 2 is 2.12 bits per heavy atom. The molecule has 0 unspecified atom stereocenters. The van der Waals surface area contributed by atoms with E-state index in [9.17, 15) is 0 Å². The maximum atomic E-state index is 5.88. The Hall–Kier alpha value is -2.07. The van der Waals surface area contributed by atoms with E-state index in [1.807, 2.05) is 6.07 Å². The fourth-order valence-corrected chi connectivity index (χ4v) is 3.77. The monoisotopic (exact) mass is 357 g/mol. The molecule has 0 radical (unpaired) electrons. The molecule has 1 N–H and O–H groups in total. The van der Waals surface area contributed by atoms with E-state index in [1.165, 1.54) is 11.1 Å². The van der Waals surface area contributed by atoms with Crippen molar-refractivity contribution in [1.82, 2.24) is 9.97 Å². The smallest absolute Gasteiger partial charge is 0.142 e. The fraction of sp³-hybridized carbons (Fsp3) is 0.400. The lowest BCUT2D eigenvalue weighted by Gasteiger charge is -2.35. The Morgan fingerprint density at radius 1 is 1.36 bits per heavy atom. The van der Waals surface area contributed by atoms with E-state index in [0.29, 0.717) is 12.4 Å². The summed E-state index contributed by atoms with van der Waals surface area (Å²) in [5.41, 5.74) is 7.53. The number of rotatable bonds is 5. The van der Waals surface area contributed by atoms with Crippen LogP contribution in [-0.4, -0.2) is 29.5 Å². The molecule has 5 heteroatoms. The van der Waals surface area contributed by atoms with Gasteiger partial charge in [0.05, 0.1) is 18.5 Å². The fourth-order valence-electron chi connectivity index (χ4n) is 3.67. The molecule has 0 amide bonds. The van der Waals surface area contributed by atoms with E-state index in [4.69, 9.17) is 16.3 Å². The molecule has 2 aromatic rings. The maximum Gasteiger partial charge on any atom is 0.142 e. The van der Waals surface area contributed by atoms with Crippen molar-refractivity contribution in [2.45, 2.75) is 32.6 Å². The van der Waals surface area contributed by atoms with Crippen LogP contribution in [0.3, 0.4) is 0 Å². The van der Waals surface area contributed by atoms with Crippen LogP contribution in [0.4, 0.5) is 5.69 Å². The third-order valence-electron chi connectivity index (χ3n) is 4.79. The summed E-state index contributed by atoms with van der Waals surface area (Å²) in [6.07, 6.45) is 2.53. The van der Waals surface area contributed by atoms with Crippen LogP contribution in [0.5, 0.6) is 5.75 Å². The molecule has 132 valence electrons. The molecule has 4 nitrogen and oxygen atoms in total. The molecule has 0 bridgehead atoms. The number of nitrogens with one attached hydrogen (secondary N) is 1. The highest BCUT2D eigenvalue weighted by molar-refractivity contribution is 6.19. The number of methoxy groups -OCH3 is 1. The van der Waals surface area contributed by atoms with Crippen LogP contribution in [0.15, 0.2) is 30.6 Å². The summed E-state index contributed by atoms with van der Waals surface area (Å²) in [5.74, 6) is 1.26. The van der Waals surface area contributed by atoms with E-state index in [2.05, 4.69) is 48.7 Å². The van der Waals surface area contributed by atoms with Gasteiger partial charge in [0.2, 0.25) is 0 Å².